The van der Waals surface area contributed by atoms with Crippen molar-refractivity contribution in [3.05, 3.63) is 48.0 Å². The topological polar surface area (TPSA) is 52.0 Å². The van der Waals surface area contributed by atoms with Crippen LogP contribution in [0.3, 0.4) is 0 Å². The third-order valence-corrected chi connectivity index (χ3v) is 3.19. The molecule has 0 unspecified atom stereocenters. The molecule has 0 atom stereocenters. The van der Waals surface area contributed by atoms with Crippen molar-refractivity contribution < 1.29 is 0 Å². The van der Waals surface area contributed by atoms with Crippen LogP contribution in [0.15, 0.2) is 52.3 Å². The summed E-state index contributed by atoms with van der Waals surface area (Å²) in [4.78, 5) is 2.13. The smallest absolute Gasteiger partial charge is 0.0346 e. The van der Waals surface area contributed by atoms with Crippen molar-refractivity contribution in [1.82, 2.24) is 0 Å². The van der Waals surface area contributed by atoms with Gasteiger partial charge in [0, 0.05) is 26.7 Å². The summed E-state index contributed by atoms with van der Waals surface area (Å²) in [6.45, 7) is 0. The fourth-order valence-electron chi connectivity index (χ4n) is 1.46. The third kappa shape index (κ3) is 2.96. The normalized spacial score (nSPS) is 9.82. The summed E-state index contributed by atoms with van der Waals surface area (Å²) in [5, 5.41) is 0. The van der Waals surface area contributed by atoms with E-state index in [9.17, 15) is 0 Å². The van der Waals surface area contributed by atoms with Crippen LogP contribution >= 0.6 is 11.8 Å². The number of hydrogen-bond acceptors (Lipinski definition) is 3. The van der Waals surface area contributed by atoms with Gasteiger partial charge in [0.15, 0.2) is 0 Å². The Labute approximate surface area is 105 Å². The van der Waals surface area contributed by atoms with Gasteiger partial charge in [0.2, 0.25) is 0 Å². The highest BCUT2D eigenvalue weighted by molar-refractivity contribution is 7.99. The van der Waals surface area contributed by atoms with Crippen LogP contribution in [0, 0.1) is 12.3 Å². The van der Waals surface area contributed by atoms with Gasteiger partial charge in [-0.15, -0.1) is 6.42 Å². The molecule has 0 spiro atoms. The van der Waals surface area contributed by atoms with Crippen molar-refractivity contribution in [3.8, 4) is 12.3 Å². The average molecular weight is 240 g/mol. The minimum absolute atomic E-state index is 0.674. The third-order valence-electron chi connectivity index (χ3n) is 2.21. The Morgan fingerprint density at radius 1 is 0.882 bits per heavy atom. The summed E-state index contributed by atoms with van der Waals surface area (Å²) in [7, 11) is 0. The number of terminal acetylenes is 1. The van der Waals surface area contributed by atoms with Crippen LogP contribution in [0.25, 0.3) is 0 Å². The van der Waals surface area contributed by atoms with E-state index in [2.05, 4.69) is 5.92 Å². The minimum atomic E-state index is 0.674. The van der Waals surface area contributed by atoms with Crippen LogP contribution in [0.2, 0.25) is 0 Å². The number of benzene rings is 2. The maximum atomic E-state index is 5.74. The summed E-state index contributed by atoms with van der Waals surface area (Å²) in [5.74, 6) is 2.59. The van der Waals surface area contributed by atoms with Crippen LogP contribution in [0.1, 0.15) is 5.56 Å². The predicted octanol–water partition coefficient (Wildman–Crippen LogP) is 2.98. The zero-order valence-electron chi connectivity index (χ0n) is 9.18. The maximum Gasteiger partial charge on any atom is 0.0346 e. The molecule has 3 heteroatoms. The van der Waals surface area contributed by atoms with Crippen molar-refractivity contribution in [2.75, 3.05) is 11.5 Å². The molecular formula is C14H12N2S. The number of nitrogen functional groups attached to an aromatic ring is 2. The zero-order valence-corrected chi connectivity index (χ0v) is 10.00. The van der Waals surface area contributed by atoms with Gasteiger partial charge in [-0.25, -0.2) is 0 Å². The van der Waals surface area contributed by atoms with E-state index in [-0.39, 0.29) is 0 Å². The predicted molar refractivity (Wildman–Crippen MR) is 73.8 cm³/mol. The van der Waals surface area contributed by atoms with Crippen molar-refractivity contribution in [3.63, 3.8) is 0 Å². The summed E-state index contributed by atoms with van der Waals surface area (Å²) >= 11 is 1.61. The Morgan fingerprint density at radius 3 is 2.00 bits per heavy atom. The van der Waals surface area contributed by atoms with Gasteiger partial charge in [-0.2, -0.15) is 0 Å². The molecule has 0 aliphatic heterocycles. The molecule has 84 valence electrons. The van der Waals surface area contributed by atoms with Gasteiger partial charge in [0.05, 0.1) is 0 Å². The van der Waals surface area contributed by atoms with E-state index in [1.807, 2.05) is 36.4 Å². The highest BCUT2D eigenvalue weighted by Crippen LogP contribution is 2.30. The summed E-state index contributed by atoms with van der Waals surface area (Å²) < 4.78 is 0. The lowest BCUT2D eigenvalue weighted by Gasteiger charge is -2.04. The molecule has 4 N–H and O–H groups in total. The van der Waals surface area contributed by atoms with Gasteiger partial charge in [0.1, 0.15) is 0 Å². The molecule has 0 fully saturated rings. The maximum absolute atomic E-state index is 5.74. The zero-order chi connectivity index (χ0) is 12.3. The first kappa shape index (κ1) is 11.4. The van der Waals surface area contributed by atoms with Crippen LogP contribution < -0.4 is 11.5 Å². The molecule has 0 radical (unpaired) electrons. The van der Waals surface area contributed by atoms with Gasteiger partial charge in [-0.1, -0.05) is 17.7 Å². The molecule has 2 rings (SSSR count). The Kier molecular flexibility index (Phi) is 3.27. The molecule has 2 aromatic rings. The standard InChI is InChI=1S/C14H12N2S/c1-2-10-3-5-13(6-4-10)17-14-8-11(15)7-12(16)9-14/h1,3-9H,15-16H2. The molecule has 0 aliphatic rings. The van der Waals surface area contributed by atoms with Crippen LogP contribution in [-0.2, 0) is 0 Å². The van der Waals surface area contributed by atoms with E-state index in [0.717, 1.165) is 15.4 Å². The molecule has 0 aliphatic carbocycles. The second-order valence-corrected chi connectivity index (χ2v) is 4.75. The van der Waals surface area contributed by atoms with Crippen molar-refractivity contribution in [2.24, 2.45) is 0 Å². The summed E-state index contributed by atoms with van der Waals surface area (Å²) in [6.07, 6.45) is 5.30. The Morgan fingerprint density at radius 2 is 1.47 bits per heavy atom. The van der Waals surface area contributed by atoms with Gasteiger partial charge in [0.25, 0.3) is 0 Å². The molecular weight excluding hydrogens is 228 g/mol. The largest absolute Gasteiger partial charge is 0.399 e. The lowest BCUT2D eigenvalue weighted by Crippen LogP contribution is -1.90. The van der Waals surface area contributed by atoms with E-state index >= 15 is 0 Å². The fourth-order valence-corrected chi connectivity index (χ4v) is 2.39. The number of hydrogen-bond donors (Lipinski definition) is 2. The first-order valence-electron chi connectivity index (χ1n) is 5.08. The second-order valence-electron chi connectivity index (χ2n) is 3.61. The van der Waals surface area contributed by atoms with Crippen LogP contribution in [-0.4, -0.2) is 0 Å². The summed E-state index contributed by atoms with van der Waals surface area (Å²) in [6, 6.07) is 13.3. The molecule has 0 amide bonds. The molecule has 0 bridgehead atoms. The van der Waals surface area contributed by atoms with E-state index in [1.54, 1.807) is 17.8 Å². The van der Waals surface area contributed by atoms with Gasteiger partial charge in [-0.05, 0) is 42.5 Å². The number of nitrogens with two attached hydrogens (primary N) is 2. The first-order valence-corrected chi connectivity index (χ1v) is 5.89. The molecule has 0 saturated carbocycles. The number of rotatable bonds is 2. The van der Waals surface area contributed by atoms with Gasteiger partial charge < -0.3 is 11.5 Å². The molecule has 0 aromatic heterocycles. The fraction of sp³-hybridized carbons (Fsp3) is 0. The lowest BCUT2D eigenvalue weighted by atomic mass is 10.2. The number of anilines is 2. The van der Waals surface area contributed by atoms with Gasteiger partial charge >= 0.3 is 0 Å². The minimum Gasteiger partial charge on any atom is -0.399 e. The summed E-state index contributed by atoms with van der Waals surface area (Å²) in [5.41, 5.74) is 13.7. The van der Waals surface area contributed by atoms with Gasteiger partial charge in [-0.3, -0.25) is 0 Å². The SMILES string of the molecule is C#Cc1ccc(Sc2cc(N)cc(N)c2)cc1. The highest BCUT2D eigenvalue weighted by atomic mass is 32.2. The van der Waals surface area contributed by atoms with Crippen LogP contribution in [0.4, 0.5) is 11.4 Å². The molecule has 2 aromatic carbocycles. The Hall–Kier alpha value is -2.05. The van der Waals surface area contributed by atoms with E-state index < -0.39 is 0 Å². The lowest BCUT2D eigenvalue weighted by molar-refractivity contribution is 1.40. The molecule has 0 heterocycles. The van der Waals surface area contributed by atoms with E-state index in [1.165, 1.54) is 0 Å². The quantitative estimate of drug-likeness (QED) is 0.626. The van der Waals surface area contributed by atoms with Crippen molar-refractivity contribution in [2.45, 2.75) is 9.79 Å². The van der Waals surface area contributed by atoms with E-state index in [4.69, 9.17) is 17.9 Å². The molecule has 17 heavy (non-hydrogen) atoms. The molecule has 0 saturated heterocycles. The Balaban J connectivity index is 2.22. The average Bonchev–Trinajstić information content (AvgIpc) is 2.28. The monoisotopic (exact) mass is 240 g/mol. The first-order chi connectivity index (χ1) is 8.17. The molecule has 2 nitrogen and oxygen atoms in total. The van der Waals surface area contributed by atoms with E-state index in [0.29, 0.717) is 11.4 Å². The second kappa shape index (κ2) is 4.86. The van der Waals surface area contributed by atoms with Crippen LogP contribution in [0.5, 0.6) is 0 Å². The Bertz CT molecular complexity index is 548. The highest BCUT2D eigenvalue weighted by Gasteiger charge is 2.00. The van der Waals surface area contributed by atoms with Crippen molar-refractivity contribution >= 4 is 23.1 Å². The van der Waals surface area contributed by atoms with Crippen molar-refractivity contribution in [1.29, 1.82) is 0 Å².